The molecule has 0 aromatic heterocycles. The van der Waals surface area contributed by atoms with E-state index in [0.29, 0.717) is 5.41 Å². The number of thioether (sulfide) groups is 1. The Bertz CT molecular complexity index is 227. The largest absolute Gasteiger partial charge is 0.312 e. The second-order valence-electron chi connectivity index (χ2n) is 6.56. The molecule has 1 aliphatic carbocycles. The lowest BCUT2D eigenvalue weighted by molar-refractivity contribution is 0.236. The van der Waals surface area contributed by atoms with Gasteiger partial charge in [0.05, 0.1) is 0 Å². The van der Waals surface area contributed by atoms with E-state index in [0.717, 1.165) is 17.9 Å². The SMILES string of the molecule is CC1CCC(CNC2CSCCC2(C)C)C1. The maximum Gasteiger partial charge on any atom is 0.0209 e. The predicted octanol–water partition coefficient (Wildman–Crippen LogP) is 3.54. The van der Waals surface area contributed by atoms with Crippen LogP contribution in [-0.4, -0.2) is 24.1 Å². The lowest BCUT2D eigenvalue weighted by Crippen LogP contribution is -2.47. The Hall–Kier alpha value is 0.310. The summed E-state index contributed by atoms with van der Waals surface area (Å²) in [6, 6.07) is 0.738. The van der Waals surface area contributed by atoms with Gasteiger partial charge in [0.15, 0.2) is 0 Å². The molecule has 2 aliphatic rings. The maximum absolute atomic E-state index is 3.85. The van der Waals surface area contributed by atoms with E-state index in [1.54, 1.807) is 0 Å². The summed E-state index contributed by atoms with van der Waals surface area (Å²) in [5, 5.41) is 3.85. The number of nitrogens with one attached hydrogen (secondary N) is 1. The molecule has 0 radical (unpaired) electrons. The normalized spacial score (nSPS) is 38.8. The topological polar surface area (TPSA) is 12.0 Å². The van der Waals surface area contributed by atoms with Gasteiger partial charge in [-0.1, -0.05) is 27.2 Å². The molecule has 1 heterocycles. The zero-order chi connectivity index (χ0) is 11.6. The van der Waals surface area contributed by atoms with E-state index in [-0.39, 0.29) is 0 Å². The zero-order valence-electron chi connectivity index (χ0n) is 11.1. The summed E-state index contributed by atoms with van der Waals surface area (Å²) >= 11 is 2.13. The lowest BCUT2D eigenvalue weighted by atomic mass is 9.82. The average molecular weight is 241 g/mol. The van der Waals surface area contributed by atoms with Gasteiger partial charge in [0.25, 0.3) is 0 Å². The second kappa shape index (κ2) is 5.30. The van der Waals surface area contributed by atoms with E-state index >= 15 is 0 Å². The van der Waals surface area contributed by atoms with E-state index in [4.69, 9.17) is 0 Å². The Morgan fingerprint density at radius 1 is 1.31 bits per heavy atom. The summed E-state index contributed by atoms with van der Waals surface area (Å²) in [6.45, 7) is 8.53. The van der Waals surface area contributed by atoms with Crippen LogP contribution >= 0.6 is 11.8 Å². The van der Waals surface area contributed by atoms with Crippen molar-refractivity contribution in [2.24, 2.45) is 17.3 Å². The minimum Gasteiger partial charge on any atom is -0.312 e. The van der Waals surface area contributed by atoms with Crippen LogP contribution in [0.2, 0.25) is 0 Å². The molecule has 94 valence electrons. The molecule has 0 amide bonds. The summed E-state index contributed by atoms with van der Waals surface area (Å²) in [7, 11) is 0. The van der Waals surface area contributed by atoms with Gasteiger partial charge >= 0.3 is 0 Å². The van der Waals surface area contributed by atoms with Crippen LogP contribution in [0.25, 0.3) is 0 Å². The highest BCUT2D eigenvalue weighted by Crippen LogP contribution is 2.35. The van der Waals surface area contributed by atoms with E-state index in [2.05, 4.69) is 37.8 Å². The van der Waals surface area contributed by atoms with Crippen molar-refractivity contribution in [3.8, 4) is 0 Å². The highest BCUT2D eigenvalue weighted by Gasteiger charge is 2.33. The van der Waals surface area contributed by atoms with Gasteiger partial charge < -0.3 is 5.32 Å². The zero-order valence-corrected chi connectivity index (χ0v) is 11.9. The number of hydrogen-bond acceptors (Lipinski definition) is 2. The Labute approximate surface area is 105 Å². The Kier molecular flexibility index (Phi) is 4.23. The lowest BCUT2D eigenvalue weighted by Gasteiger charge is -2.39. The van der Waals surface area contributed by atoms with Gasteiger partial charge in [-0.15, -0.1) is 0 Å². The Morgan fingerprint density at radius 3 is 2.75 bits per heavy atom. The molecule has 1 nitrogen and oxygen atoms in total. The molecule has 0 aromatic carbocycles. The maximum atomic E-state index is 3.85. The van der Waals surface area contributed by atoms with Gasteiger partial charge in [-0.25, -0.2) is 0 Å². The molecule has 1 N–H and O–H groups in total. The molecular formula is C14H27NS. The van der Waals surface area contributed by atoms with Crippen LogP contribution < -0.4 is 5.32 Å². The van der Waals surface area contributed by atoms with Crippen LogP contribution in [0.15, 0.2) is 0 Å². The highest BCUT2D eigenvalue weighted by molar-refractivity contribution is 7.99. The smallest absolute Gasteiger partial charge is 0.0209 e. The van der Waals surface area contributed by atoms with Crippen molar-refractivity contribution in [3.05, 3.63) is 0 Å². The third-order valence-corrected chi connectivity index (χ3v) is 5.64. The van der Waals surface area contributed by atoms with Crippen LogP contribution in [0.1, 0.15) is 46.5 Å². The first-order chi connectivity index (χ1) is 7.58. The second-order valence-corrected chi connectivity index (χ2v) is 7.71. The molecule has 0 bridgehead atoms. The molecule has 1 saturated heterocycles. The minimum atomic E-state index is 0.509. The van der Waals surface area contributed by atoms with Gasteiger partial charge in [-0.05, 0) is 48.8 Å². The fourth-order valence-electron chi connectivity index (χ4n) is 3.09. The van der Waals surface area contributed by atoms with Crippen molar-refractivity contribution >= 4 is 11.8 Å². The van der Waals surface area contributed by atoms with Crippen molar-refractivity contribution in [2.75, 3.05) is 18.1 Å². The first-order valence-corrected chi connectivity index (χ1v) is 8.04. The van der Waals surface area contributed by atoms with Gasteiger partial charge in [-0.2, -0.15) is 11.8 Å². The molecule has 0 spiro atoms. The quantitative estimate of drug-likeness (QED) is 0.811. The van der Waals surface area contributed by atoms with Crippen LogP contribution in [0.4, 0.5) is 0 Å². The van der Waals surface area contributed by atoms with E-state index in [1.165, 1.54) is 43.7 Å². The summed E-state index contributed by atoms with van der Waals surface area (Å²) in [6.07, 6.45) is 5.73. The molecule has 2 rings (SSSR count). The fourth-order valence-corrected chi connectivity index (χ4v) is 4.73. The van der Waals surface area contributed by atoms with Crippen LogP contribution in [0, 0.1) is 17.3 Å². The van der Waals surface area contributed by atoms with Gasteiger partial charge in [0.1, 0.15) is 0 Å². The predicted molar refractivity (Wildman–Crippen MR) is 74.0 cm³/mol. The molecular weight excluding hydrogens is 214 g/mol. The van der Waals surface area contributed by atoms with Gasteiger partial charge in [0, 0.05) is 11.8 Å². The molecule has 0 aromatic rings. The molecule has 3 atom stereocenters. The standard InChI is InChI=1S/C14H27NS/c1-11-4-5-12(8-11)9-15-13-10-16-7-6-14(13,2)3/h11-13,15H,4-10H2,1-3H3. The molecule has 3 unspecified atom stereocenters. The molecule has 2 heteroatoms. The van der Waals surface area contributed by atoms with Gasteiger partial charge in [0.2, 0.25) is 0 Å². The average Bonchev–Trinajstić information content (AvgIpc) is 2.62. The van der Waals surface area contributed by atoms with E-state index in [1.807, 2.05) is 0 Å². The summed E-state index contributed by atoms with van der Waals surface area (Å²) < 4.78 is 0. The number of hydrogen-bond donors (Lipinski definition) is 1. The highest BCUT2D eigenvalue weighted by atomic mass is 32.2. The fraction of sp³-hybridized carbons (Fsp3) is 1.00. The molecule has 1 aliphatic heterocycles. The van der Waals surface area contributed by atoms with Crippen molar-refractivity contribution in [2.45, 2.75) is 52.5 Å². The summed E-state index contributed by atoms with van der Waals surface area (Å²) in [5.74, 6) is 4.60. The minimum absolute atomic E-state index is 0.509. The summed E-state index contributed by atoms with van der Waals surface area (Å²) in [4.78, 5) is 0. The van der Waals surface area contributed by atoms with Crippen molar-refractivity contribution in [3.63, 3.8) is 0 Å². The van der Waals surface area contributed by atoms with Crippen molar-refractivity contribution in [1.29, 1.82) is 0 Å². The Morgan fingerprint density at radius 2 is 2.12 bits per heavy atom. The number of rotatable bonds is 3. The van der Waals surface area contributed by atoms with Crippen molar-refractivity contribution < 1.29 is 0 Å². The van der Waals surface area contributed by atoms with Gasteiger partial charge in [-0.3, -0.25) is 0 Å². The van der Waals surface area contributed by atoms with E-state index < -0.39 is 0 Å². The first kappa shape index (κ1) is 12.8. The van der Waals surface area contributed by atoms with Crippen LogP contribution in [0.3, 0.4) is 0 Å². The Balaban J connectivity index is 1.76. The third kappa shape index (κ3) is 3.16. The van der Waals surface area contributed by atoms with Crippen LogP contribution in [0.5, 0.6) is 0 Å². The molecule has 16 heavy (non-hydrogen) atoms. The summed E-state index contributed by atoms with van der Waals surface area (Å²) in [5.41, 5.74) is 0.509. The third-order valence-electron chi connectivity index (χ3n) is 4.57. The van der Waals surface area contributed by atoms with Crippen molar-refractivity contribution in [1.82, 2.24) is 5.32 Å². The van der Waals surface area contributed by atoms with E-state index in [9.17, 15) is 0 Å². The first-order valence-electron chi connectivity index (χ1n) is 6.89. The molecule has 2 fully saturated rings. The monoisotopic (exact) mass is 241 g/mol. The molecule has 1 saturated carbocycles. The van der Waals surface area contributed by atoms with Crippen LogP contribution in [-0.2, 0) is 0 Å².